The summed E-state index contributed by atoms with van der Waals surface area (Å²) in [7, 11) is 0. The van der Waals surface area contributed by atoms with Crippen LogP contribution in [0.15, 0.2) is 0 Å². The molecule has 3 fully saturated rings. The van der Waals surface area contributed by atoms with Gasteiger partial charge in [0.15, 0.2) is 0 Å². The Kier molecular flexibility index (Phi) is 6.30. The number of rotatable bonds is 6. The van der Waals surface area contributed by atoms with Gasteiger partial charge < -0.3 is 15.2 Å². The number of carbonyl (C=O) groups is 2. The predicted octanol–water partition coefficient (Wildman–Crippen LogP) is 0.687. The van der Waals surface area contributed by atoms with E-state index in [1.807, 2.05) is 0 Å². The highest BCUT2D eigenvalue weighted by atomic mass is 16.5. The molecule has 1 atom stereocenters. The lowest BCUT2D eigenvalue weighted by Gasteiger charge is -2.48. The van der Waals surface area contributed by atoms with Crippen molar-refractivity contribution < 1.29 is 19.4 Å². The number of likely N-dealkylation sites (tertiary alicyclic amines) is 1. The Bertz CT molecular complexity index is 473. The van der Waals surface area contributed by atoms with Gasteiger partial charge in [-0.05, 0) is 32.2 Å². The summed E-state index contributed by atoms with van der Waals surface area (Å²) in [5.74, 6) is -0.867. The summed E-state index contributed by atoms with van der Waals surface area (Å²) in [4.78, 5) is 28.0. The van der Waals surface area contributed by atoms with Crippen LogP contribution in [0.1, 0.15) is 44.9 Å². The van der Waals surface area contributed by atoms with Crippen LogP contribution in [0, 0.1) is 0 Å². The second-order valence-corrected chi connectivity index (χ2v) is 7.63. The van der Waals surface area contributed by atoms with E-state index in [0.29, 0.717) is 19.5 Å². The summed E-state index contributed by atoms with van der Waals surface area (Å²) in [5.41, 5.74) is 0.0505. The SMILES string of the molecule is O=C(CN1CCC[C@H]1C(=O)O)NCC1(N2CCOCC2)CCCCC1. The van der Waals surface area contributed by atoms with Gasteiger partial charge in [0.1, 0.15) is 6.04 Å². The summed E-state index contributed by atoms with van der Waals surface area (Å²) >= 11 is 0. The van der Waals surface area contributed by atoms with Crippen molar-refractivity contribution in [1.29, 1.82) is 0 Å². The number of ether oxygens (including phenoxy) is 1. The predicted molar refractivity (Wildman–Crippen MR) is 93.4 cm³/mol. The van der Waals surface area contributed by atoms with Gasteiger partial charge >= 0.3 is 5.97 Å². The van der Waals surface area contributed by atoms with Crippen LogP contribution < -0.4 is 5.32 Å². The molecule has 2 saturated heterocycles. The van der Waals surface area contributed by atoms with Gasteiger partial charge in [0.25, 0.3) is 0 Å². The third kappa shape index (κ3) is 4.51. The number of carboxylic acid groups (broad SMARTS) is 1. The summed E-state index contributed by atoms with van der Waals surface area (Å²) in [6, 6.07) is -0.506. The van der Waals surface area contributed by atoms with Crippen molar-refractivity contribution in [2.45, 2.75) is 56.5 Å². The van der Waals surface area contributed by atoms with Gasteiger partial charge in [-0.1, -0.05) is 19.3 Å². The molecule has 0 aromatic carbocycles. The van der Waals surface area contributed by atoms with Crippen LogP contribution in [-0.4, -0.2) is 84.3 Å². The van der Waals surface area contributed by atoms with E-state index in [2.05, 4.69) is 10.2 Å². The van der Waals surface area contributed by atoms with Crippen LogP contribution >= 0.6 is 0 Å². The Morgan fingerprint density at radius 1 is 1.08 bits per heavy atom. The minimum atomic E-state index is -0.817. The van der Waals surface area contributed by atoms with E-state index < -0.39 is 12.0 Å². The van der Waals surface area contributed by atoms with Crippen molar-refractivity contribution in [3.63, 3.8) is 0 Å². The molecule has 0 radical (unpaired) electrons. The topological polar surface area (TPSA) is 82.1 Å². The average molecular weight is 353 g/mol. The van der Waals surface area contributed by atoms with Crippen LogP contribution in [-0.2, 0) is 14.3 Å². The number of hydrogen-bond donors (Lipinski definition) is 2. The maximum atomic E-state index is 12.4. The van der Waals surface area contributed by atoms with Gasteiger partial charge in [-0.25, -0.2) is 0 Å². The van der Waals surface area contributed by atoms with Gasteiger partial charge in [-0.3, -0.25) is 19.4 Å². The number of amides is 1. The zero-order valence-electron chi connectivity index (χ0n) is 15.0. The largest absolute Gasteiger partial charge is 0.480 e. The molecule has 0 bridgehead atoms. The lowest BCUT2D eigenvalue weighted by molar-refractivity contribution is -0.142. The number of hydrogen-bond acceptors (Lipinski definition) is 5. The lowest BCUT2D eigenvalue weighted by Crippen LogP contribution is -2.60. The second kappa shape index (κ2) is 8.47. The van der Waals surface area contributed by atoms with Crippen LogP contribution in [0.5, 0.6) is 0 Å². The van der Waals surface area contributed by atoms with E-state index in [0.717, 1.165) is 45.6 Å². The van der Waals surface area contributed by atoms with Gasteiger partial charge in [0, 0.05) is 25.2 Å². The minimum Gasteiger partial charge on any atom is -0.480 e. The van der Waals surface area contributed by atoms with Gasteiger partial charge in [-0.15, -0.1) is 0 Å². The highest BCUT2D eigenvalue weighted by molar-refractivity contribution is 5.80. The zero-order valence-corrected chi connectivity index (χ0v) is 15.0. The molecule has 1 saturated carbocycles. The van der Waals surface area contributed by atoms with E-state index in [-0.39, 0.29) is 18.0 Å². The standard InChI is InChI=1S/C18H31N3O4/c22-16(13-20-8-4-5-15(20)17(23)24)19-14-18(6-2-1-3-7-18)21-9-11-25-12-10-21/h15H,1-14H2,(H,19,22)(H,23,24)/t15-/m0/s1. The Labute approximate surface area is 149 Å². The molecule has 0 spiro atoms. The molecule has 0 aromatic heterocycles. The van der Waals surface area contributed by atoms with E-state index in [1.54, 1.807) is 4.90 Å². The normalized spacial score (nSPS) is 27.9. The molecule has 2 N–H and O–H groups in total. The molecular weight excluding hydrogens is 322 g/mol. The third-order valence-electron chi connectivity index (χ3n) is 6.08. The van der Waals surface area contributed by atoms with E-state index >= 15 is 0 Å². The fraction of sp³-hybridized carbons (Fsp3) is 0.889. The van der Waals surface area contributed by atoms with Crippen LogP contribution in [0.3, 0.4) is 0 Å². The van der Waals surface area contributed by atoms with Crippen LogP contribution in [0.4, 0.5) is 0 Å². The van der Waals surface area contributed by atoms with Crippen molar-refractivity contribution in [2.24, 2.45) is 0 Å². The molecular formula is C18H31N3O4. The summed E-state index contributed by atoms with van der Waals surface area (Å²) in [6.07, 6.45) is 7.42. The maximum Gasteiger partial charge on any atom is 0.320 e. The van der Waals surface area contributed by atoms with Crippen molar-refractivity contribution in [3.8, 4) is 0 Å². The van der Waals surface area contributed by atoms with Crippen molar-refractivity contribution >= 4 is 11.9 Å². The molecule has 0 unspecified atom stereocenters. The first-order valence-corrected chi connectivity index (χ1v) is 9.67. The number of nitrogens with zero attached hydrogens (tertiary/aromatic N) is 2. The first-order chi connectivity index (χ1) is 12.1. The quantitative estimate of drug-likeness (QED) is 0.731. The molecule has 142 valence electrons. The van der Waals surface area contributed by atoms with Crippen molar-refractivity contribution in [1.82, 2.24) is 15.1 Å². The Balaban J connectivity index is 1.55. The molecule has 2 heterocycles. The van der Waals surface area contributed by atoms with Crippen LogP contribution in [0.25, 0.3) is 0 Å². The van der Waals surface area contributed by atoms with E-state index in [1.165, 1.54) is 19.3 Å². The average Bonchev–Trinajstić information content (AvgIpc) is 3.10. The number of morpholine rings is 1. The lowest BCUT2D eigenvalue weighted by atomic mass is 9.79. The summed E-state index contributed by atoms with van der Waals surface area (Å²) < 4.78 is 5.49. The fourth-order valence-electron chi connectivity index (χ4n) is 4.65. The highest BCUT2D eigenvalue weighted by Crippen LogP contribution is 2.33. The smallest absolute Gasteiger partial charge is 0.320 e. The van der Waals surface area contributed by atoms with Crippen LogP contribution in [0.2, 0.25) is 0 Å². The minimum absolute atomic E-state index is 0.0497. The van der Waals surface area contributed by atoms with E-state index in [9.17, 15) is 14.7 Å². The second-order valence-electron chi connectivity index (χ2n) is 7.63. The van der Waals surface area contributed by atoms with Crippen molar-refractivity contribution in [2.75, 3.05) is 45.9 Å². The monoisotopic (exact) mass is 353 g/mol. The molecule has 2 aliphatic heterocycles. The molecule has 7 heteroatoms. The molecule has 1 amide bonds. The van der Waals surface area contributed by atoms with Gasteiger partial charge in [0.05, 0.1) is 19.8 Å². The molecule has 3 aliphatic rings. The van der Waals surface area contributed by atoms with Gasteiger partial charge in [-0.2, -0.15) is 0 Å². The summed E-state index contributed by atoms with van der Waals surface area (Å²) in [6.45, 7) is 4.95. The summed E-state index contributed by atoms with van der Waals surface area (Å²) in [5, 5.41) is 12.4. The Hall–Kier alpha value is -1.18. The number of carboxylic acids is 1. The Morgan fingerprint density at radius 3 is 2.48 bits per heavy atom. The first kappa shape index (κ1) is 18.6. The number of carbonyl (C=O) groups excluding carboxylic acids is 1. The molecule has 0 aromatic rings. The Morgan fingerprint density at radius 2 is 1.80 bits per heavy atom. The third-order valence-corrected chi connectivity index (χ3v) is 6.08. The number of nitrogens with one attached hydrogen (secondary N) is 1. The van der Waals surface area contributed by atoms with Crippen molar-refractivity contribution in [3.05, 3.63) is 0 Å². The van der Waals surface area contributed by atoms with E-state index in [4.69, 9.17) is 4.74 Å². The molecule has 1 aliphatic carbocycles. The zero-order chi connectivity index (χ0) is 17.7. The molecule has 25 heavy (non-hydrogen) atoms. The highest BCUT2D eigenvalue weighted by Gasteiger charge is 2.39. The number of aliphatic carboxylic acids is 1. The molecule has 3 rings (SSSR count). The first-order valence-electron chi connectivity index (χ1n) is 9.67. The van der Waals surface area contributed by atoms with Gasteiger partial charge in [0.2, 0.25) is 5.91 Å². The maximum absolute atomic E-state index is 12.4. The fourth-order valence-corrected chi connectivity index (χ4v) is 4.65. The molecule has 7 nitrogen and oxygen atoms in total.